The van der Waals surface area contributed by atoms with Crippen LogP contribution in [0.4, 0.5) is 0 Å². The number of H-pyrrole nitrogens is 1. The van der Waals surface area contributed by atoms with Crippen molar-refractivity contribution in [2.75, 3.05) is 13.1 Å². The molecule has 1 aromatic heterocycles. The Morgan fingerprint density at radius 2 is 1.55 bits per heavy atom. The van der Waals surface area contributed by atoms with Crippen molar-refractivity contribution >= 4 is 39.8 Å². The van der Waals surface area contributed by atoms with E-state index in [1.54, 1.807) is 4.90 Å². The van der Waals surface area contributed by atoms with Gasteiger partial charge in [0.25, 0.3) is 0 Å². The number of hydrogen-bond donors (Lipinski definition) is 5. The number of benzene rings is 3. The van der Waals surface area contributed by atoms with Crippen LogP contribution >= 0.6 is 0 Å². The third-order valence-corrected chi connectivity index (χ3v) is 6.88. The number of aromatic nitrogens is 1. The lowest BCUT2D eigenvalue weighted by molar-refractivity contribution is -0.109. The number of carbonyl (C=O) groups is 1. The fraction of sp³-hybridized carbons (Fsp3) is 0.378. The molecular weight excluding hydrogens is 544 g/mol. The van der Waals surface area contributed by atoms with Gasteiger partial charge < -0.3 is 20.9 Å². The van der Waals surface area contributed by atoms with Crippen molar-refractivity contribution in [3.8, 4) is 0 Å². The number of amidine groups is 2. The highest BCUT2D eigenvalue weighted by atomic mass is 16.1. The minimum Gasteiger partial charge on any atom is -0.361 e. The van der Waals surface area contributed by atoms with E-state index in [1.807, 2.05) is 63.4 Å². The Kier molecular flexibility index (Phi) is 19.2. The summed E-state index contributed by atoms with van der Waals surface area (Å²) >= 11 is 0. The molecule has 1 heterocycles. The van der Waals surface area contributed by atoms with Crippen LogP contribution < -0.4 is 11.1 Å². The number of nitrogens with two attached hydrogens (primary N) is 1. The third kappa shape index (κ3) is 13.0. The van der Waals surface area contributed by atoms with Crippen molar-refractivity contribution in [3.63, 3.8) is 0 Å². The summed E-state index contributed by atoms with van der Waals surface area (Å²) < 4.78 is 0. The highest BCUT2D eigenvalue weighted by molar-refractivity contribution is 6.00. The van der Waals surface area contributed by atoms with Gasteiger partial charge in [0.2, 0.25) is 6.41 Å². The van der Waals surface area contributed by atoms with Gasteiger partial charge in [0.05, 0.1) is 13.1 Å². The second-order valence-electron chi connectivity index (χ2n) is 10.3. The van der Waals surface area contributed by atoms with Crippen LogP contribution in [0, 0.1) is 10.8 Å². The maximum Gasteiger partial charge on any atom is 0.207 e. The van der Waals surface area contributed by atoms with Gasteiger partial charge in [-0.25, -0.2) is 0 Å². The number of fused-ring (bicyclic) bond motifs is 2. The predicted molar refractivity (Wildman–Crippen MR) is 191 cm³/mol. The summed E-state index contributed by atoms with van der Waals surface area (Å²) in [4.78, 5) is 15.8. The Balaban J connectivity index is 0.000000692. The van der Waals surface area contributed by atoms with Crippen LogP contribution in [0.25, 0.3) is 21.7 Å². The van der Waals surface area contributed by atoms with Gasteiger partial charge in [0.1, 0.15) is 11.7 Å². The number of para-hydroxylation sites is 1. The Morgan fingerprint density at radius 3 is 2.16 bits per heavy atom. The van der Waals surface area contributed by atoms with Gasteiger partial charge in [-0.05, 0) is 74.5 Å². The van der Waals surface area contributed by atoms with Crippen LogP contribution in [0.1, 0.15) is 78.4 Å². The van der Waals surface area contributed by atoms with E-state index in [0.29, 0.717) is 25.2 Å². The lowest BCUT2D eigenvalue weighted by Crippen LogP contribution is -2.40. The first-order valence-electron chi connectivity index (χ1n) is 15.8. The van der Waals surface area contributed by atoms with Crippen molar-refractivity contribution in [1.29, 1.82) is 10.8 Å². The number of carbonyl (C=O) groups excluding carboxylic acids is 1. The molecule has 7 heteroatoms. The molecule has 1 amide bonds. The van der Waals surface area contributed by atoms with Crippen LogP contribution in [-0.4, -0.2) is 41.1 Å². The quantitative estimate of drug-likeness (QED) is 0.0514. The van der Waals surface area contributed by atoms with E-state index >= 15 is 0 Å². The molecule has 0 saturated heterocycles. The second-order valence-corrected chi connectivity index (χ2v) is 10.3. The number of hydrogen-bond acceptors (Lipinski definition) is 4. The van der Waals surface area contributed by atoms with Gasteiger partial charge in [-0.15, -0.1) is 0 Å². The molecule has 3 aromatic carbocycles. The van der Waals surface area contributed by atoms with Crippen molar-refractivity contribution in [2.24, 2.45) is 5.73 Å². The molecule has 6 N–H and O–H groups in total. The Bertz CT molecular complexity index is 1430. The SMILES string of the molecule is CC.CC=C(C)C.CCCCN.N=C(CCCc1c[nH]c2ccccc12)N(Cc1cccc2ccccc12)C(=N)CNC=O. The smallest absolute Gasteiger partial charge is 0.207 e. The summed E-state index contributed by atoms with van der Waals surface area (Å²) in [5.74, 6) is 0.595. The molecular formula is C37H54N6O. The molecule has 0 saturated carbocycles. The van der Waals surface area contributed by atoms with Crippen LogP contribution in [0.2, 0.25) is 0 Å². The van der Waals surface area contributed by atoms with Gasteiger partial charge in [0.15, 0.2) is 0 Å². The van der Waals surface area contributed by atoms with Crippen LogP contribution in [0.5, 0.6) is 0 Å². The van der Waals surface area contributed by atoms with Crippen molar-refractivity contribution in [1.82, 2.24) is 15.2 Å². The first kappa shape index (κ1) is 37.8. The molecule has 0 atom stereocenters. The first-order valence-corrected chi connectivity index (χ1v) is 15.8. The minimum atomic E-state index is 0.0963. The van der Waals surface area contributed by atoms with E-state index < -0.39 is 0 Å². The molecule has 238 valence electrons. The topological polar surface area (TPSA) is 122 Å². The van der Waals surface area contributed by atoms with E-state index in [-0.39, 0.29) is 12.4 Å². The van der Waals surface area contributed by atoms with Gasteiger partial charge in [-0.1, -0.05) is 99.5 Å². The number of rotatable bonds is 11. The van der Waals surface area contributed by atoms with E-state index in [1.165, 1.54) is 29.4 Å². The molecule has 0 aliphatic rings. The molecule has 0 radical (unpaired) electrons. The zero-order valence-electron chi connectivity index (χ0n) is 27.7. The zero-order chi connectivity index (χ0) is 32.7. The molecule has 44 heavy (non-hydrogen) atoms. The highest BCUT2D eigenvalue weighted by Gasteiger charge is 2.17. The van der Waals surface area contributed by atoms with Crippen molar-refractivity contribution in [2.45, 2.75) is 80.2 Å². The Hall–Kier alpha value is -4.23. The zero-order valence-corrected chi connectivity index (χ0v) is 27.7. The van der Waals surface area contributed by atoms with Crippen molar-refractivity contribution in [3.05, 3.63) is 95.7 Å². The predicted octanol–water partition coefficient (Wildman–Crippen LogP) is 8.59. The van der Waals surface area contributed by atoms with Crippen LogP contribution in [0.15, 0.2) is 84.6 Å². The molecule has 0 unspecified atom stereocenters. The molecule has 4 aromatic rings. The number of amides is 1. The Morgan fingerprint density at radius 1 is 0.909 bits per heavy atom. The number of allylic oxidation sites excluding steroid dienone is 2. The summed E-state index contributed by atoms with van der Waals surface area (Å²) in [6.45, 7) is 13.7. The summed E-state index contributed by atoms with van der Waals surface area (Å²) in [6, 6.07) is 22.5. The van der Waals surface area contributed by atoms with Gasteiger partial charge in [-0.2, -0.15) is 0 Å². The van der Waals surface area contributed by atoms with E-state index in [0.717, 1.165) is 41.2 Å². The summed E-state index contributed by atoms with van der Waals surface area (Å²) in [6.07, 6.45) is 9.31. The van der Waals surface area contributed by atoms with Gasteiger partial charge >= 0.3 is 0 Å². The molecule has 0 fully saturated rings. The number of aromatic amines is 1. The monoisotopic (exact) mass is 598 g/mol. The van der Waals surface area contributed by atoms with E-state index in [9.17, 15) is 4.79 Å². The maximum atomic E-state index is 10.8. The largest absolute Gasteiger partial charge is 0.361 e. The van der Waals surface area contributed by atoms with Crippen LogP contribution in [-0.2, 0) is 17.8 Å². The first-order chi connectivity index (χ1) is 21.4. The highest BCUT2D eigenvalue weighted by Crippen LogP contribution is 2.22. The number of nitrogens with one attached hydrogen (secondary N) is 4. The Labute approximate surface area is 265 Å². The lowest BCUT2D eigenvalue weighted by atomic mass is 10.0. The van der Waals surface area contributed by atoms with Gasteiger partial charge in [0, 0.05) is 23.5 Å². The number of nitrogens with zero attached hydrogens (tertiary/aromatic N) is 1. The summed E-state index contributed by atoms with van der Waals surface area (Å²) in [5, 5.41) is 23.2. The molecule has 7 nitrogen and oxygen atoms in total. The standard InChI is InChI=1S/C26H27N5O.C5H10.C4H11N.C2H6/c27-25(14-6-9-20-15-30-24-13-4-3-12-23(20)24)31(26(28)16-29-18-32)17-21-10-5-8-19-7-1-2-11-22(19)21;1-4-5(2)3;1-2-3-4-5;1-2/h1-5,7-8,10-13,15,18,27-28,30H,6,9,14,16-17H2,(H,29,32);4H,1-3H3;2-5H2,1H3;1-2H3. The molecule has 0 aliphatic carbocycles. The van der Waals surface area contributed by atoms with Gasteiger partial charge in [-0.3, -0.25) is 15.6 Å². The maximum absolute atomic E-state index is 10.8. The van der Waals surface area contributed by atoms with E-state index in [4.69, 9.17) is 16.6 Å². The lowest BCUT2D eigenvalue weighted by Gasteiger charge is -2.26. The fourth-order valence-corrected chi connectivity index (χ4v) is 4.31. The summed E-state index contributed by atoms with van der Waals surface area (Å²) in [5.41, 5.74) is 9.94. The van der Waals surface area contributed by atoms with E-state index in [2.05, 4.69) is 67.5 Å². The number of aryl methyl sites for hydroxylation is 1. The molecule has 0 spiro atoms. The molecule has 0 bridgehead atoms. The third-order valence-electron chi connectivity index (χ3n) is 6.88. The average molecular weight is 599 g/mol. The average Bonchev–Trinajstić information content (AvgIpc) is 3.47. The normalized spacial score (nSPS) is 9.80. The summed E-state index contributed by atoms with van der Waals surface area (Å²) in [7, 11) is 0. The fourth-order valence-electron chi connectivity index (χ4n) is 4.31. The minimum absolute atomic E-state index is 0.0963. The second kappa shape index (κ2) is 22.3. The number of unbranched alkanes of at least 4 members (excludes halogenated alkanes) is 1. The van der Waals surface area contributed by atoms with Crippen LogP contribution in [0.3, 0.4) is 0 Å². The van der Waals surface area contributed by atoms with Crippen molar-refractivity contribution < 1.29 is 4.79 Å². The molecule has 4 rings (SSSR count). The molecule has 0 aliphatic heterocycles.